The molecule has 1 aliphatic rings. The molecule has 1 aromatic carbocycles. The second-order valence-electron chi connectivity index (χ2n) is 7.76. The van der Waals surface area contributed by atoms with Crippen LogP contribution in [0.2, 0.25) is 0 Å². The fraction of sp³-hybridized carbons (Fsp3) is 0.545. The molecule has 6 nitrogen and oxygen atoms in total. The minimum Gasteiger partial charge on any atom is -0.381 e. The second-order valence-corrected chi connectivity index (χ2v) is 7.76. The Balaban J connectivity index is 0.00000300. The number of benzene rings is 1. The van der Waals surface area contributed by atoms with E-state index < -0.39 is 0 Å². The average molecular weight is 511 g/mol. The molecule has 0 aliphatic carbocycles. The predicted molar refractivity (Wildman–Crippen MR) is 129 cm³/mol. The van der Waals surface area contributed by atoms with Crippen LogP contribution in [0.25, 0.3) is 0 Å². The van der Waals surface area contributed by atoms with Gasteiger partial charge < -0.3 is 15.4 Å². The maximum atomic E-state index is 5.67. The van der Waals surface area contributed by atoms with Crippen molar-refractivity contribution in [1.29, 1.82) is 0 Å². The number of halogens is 1. The van der Waals surface area contributed by atoms with Gasteiger partial charge in [0.05, 0.1) is 5.69 Å². The number of ether oxygens (including phenoxy) is 1. The van der Waals surface area contributed by atoms with E-state index in [0.717, 1.165) is 44.3 Å². The van der Waals surface area contributed by atoms with Crippen LogP contribution in [0.3, 0.4) is 0 Å². The van der Waals surface area contributed by atoms with Gasteiger partial charge in [-0.2, -0.15) is 5.10 Å². The lowest BCUT2D eigenvalue weighted by Crippen LogP contribution is -2.48. The number of aryl methyl sites for hydroxylation is 3. The van der Waals surface area contributed by atoms with Crippen molar-refractivity contribution in [2.24, 2.45) is 12.0 Å². The van der Waals surface area contributed by atoms with Gasteiger partial charge in [0.25, 0.3) is 0 Å². The third-order valence-corrected chi connectivity index (χ3v) is 6.08. The summed E-state index contributed by atoms with van der Waals surface area (Å²) in [4.78, 5) is 4.44. The summed E-state index contributed by atoms with van der Waals surface area (Å²) >= 11 is 0. The van der Waals surface area contributed by atoms with E-state index in [9.17, 15) is 0 Å². The Morgan fingerprint density at radius 2 is 1.86 bits per heavy atom. The summed E-state index contributed by atoms with van der Waals surface area (Å²) in [6, 6.07) is 8.72. The molecule has 0 radical (unpaired) electrons. The van der Waals surface area contributed by atoms with Crippen molar-refractivity contribution in [2.75, 3.05) is 26.8 Å². The van der Waals surface area contributed by atoms with E-state index in [1.807, 2.05) is 18.8 Å². The Morgan fingerprint density at radius 3 is 2.45 bits per heavy atom. The second kappa shape index (κ2) is 10.4. The molecular formula is C22H34IN5O. The zero-order valence-electron chi connectivity index (χ0n) is 18.2. The Labute approximate surface area is 191 Å². The first-order valence-electron chi connectivity index (χ1n) is 10.0. The number of rotatable bonds is 5. The molecule has 1 aromatic heterocycles. The van der Waals surface area contributed by atoms with E-state index in [-0.39, 0.29) is 29.4 Å². The third-order valence-electron chi connectivity index (χ3n) is 6.08. The minimum absolute atomic E-state index is 0. The van der Waals surface area contributed by atoms with Crippen LogP contribution in [0.4, 0.5) is 0 Å². The number of guanidine groups is 1. The highest BCUT2D eigenvalue weighted by molar-refractivity contribution is 14.0. The van der Waals surface area contributed by atoms with Gasteiger partial charge in [-0.15, -0.1) is 24.0 Å². The maximum Gasteiger partial charge on any atom is 0.191 e. The molecule has 7 heteroatoms. The summed E-state index contributed by atoms with van der Waals surface area (Å²) in [5.74, 6) is 0.821. The number of hydrogen-bond acceptors (Lipinski definition) is 3. The smallest absolute Gasteiger partial charge is 0.191 e. The van der Waals surface area contributed by atoms with Crippen molar-refractivity contribution in [3.63, 3.8) is 0 Å². The first-order valence-corrected chi connectivity index (χ1v) is 10.0. The van der Waals surface area contributed by atoms with Crippen LogP contribution in [0, 0.1) is 20.8 Å². The van der Waals surface area contributed by atoms with Crippen LogP contribution in [0.15, 0.2) is 29.3 Å². The monoisotopic (exact) mass is 511 g/mol. The average Bonchev–Trinajstić information content (AvgIpc) is 2.95. The highest BCUT2D eigenvalue weighted by atomic mass is 127. The molecule has 0 atom stereocenters. The lowest BCUT2D eigenvalue weighted by Gasteiger charge is -2.39. The Hall–Kier alpha value is -1.61. The summed E-state index contributed by atoms with van der Waals surface area (Å²) in [5.41, 5.74) is 6.30. The highest BCUT2D eigenvalue weighted by Gasteiger charge is 2.35. The van der Waals surface area contributed by atoms with E-state index >= 15 is 0 Å². The topological polar surface area (TPSA) is 63.5 Å². The molecule has 29 heavy (non-hydrogen) atoms. The van der Waals surface area contributed by atoms with E-state index in [1.54, 1.807) is 0 Å². The first-order chi connectivity index (χ1) is 13.5. The quantitative estimate of drug-likeness (QED) is 0.367. The van der Waals surface area contributed by atoms with Gasteiger partial charge >= 0.3 is 0 Å². The van der Waals surface area contributed by atoms with Crippen LogP contribution in [0.5, 0.6) is 0 Å². The molecule has 0 unspecified atom stereocenters. The number of hydrogen-bond donors (Lipinski definition) is 2. The molecule has 1 saturated heterocycles. The van der Waals surface area contributed by atoms with Gasteiger partial charge in [-0.05, 0) is 44.7 Å². The Morgan fingerprint density at radius 1 is 1.17 bits per heavy atom. The van der Waals surface area contributed by atoms with Crippen molar-refractivity contribution in [1.82, 2.24) is 20.4 Å². The Kier molecular flexibility index (Phi) is 8.51. The molecule has 2 N–H and O–H groups in total. The van der Waals surface area contributed by atoms with Crippen molar-refractivity contribution in [2.45, 2.75) is 45.6 Å². The summed E-state index contributed by atoms with van der Waals surface area (Å²) in [5, 5.41) is 11.5. The number of nitrogens with zero attached hydrogens (tertiary/aromatic N) is 3. The predicted octanol–water partition coefficient (Wildman–Crippen LogP) is 3.38. The minimum atomic E-state index is 0. The van der Waals surface area contributed by atoms with Gasteiger partial charge in [-0.1, -0.05) is 24.3 Å². The molecule has 1 aliphatic heterocycles. The molecule has 2 aromatic rings. The summed E-state index contributed by atoms with van der Waals surface area (Å²) in [7, 11) is 3.80. The lowest BCUT2D eigenvalue weighted by atomic mass is 9.72. The lowest BCUT2D eigenvalue weighted by molar-refractivity contribution is 0.0512. The van der Waals surface area contributed by atoms with Crippen molar-refractivity contribution < 1.29 is 4.74 Å². The van der Waals surface area contributed by atoms with Crippen LogP contribution in [-0.2, 0) is 23.7 Å². The summed E-state index contributed by atoms with van der Waals surface area (Å²) in [6.45, 7) is 9.51. The van der Waals surface area contributed by atoms with Crippen LogP contribution < -0.4 is 10.6 Å². The van der Waals surface area contributed by atoms with Crippen LogP contribution in [-0.4, -0.2) is 42.5 Å². The zero-order valence-corrected chi connectivity index (χ0v) is 20.5. The molecule has 3 rings (SSSR count). The van der Waals surface area contributed by atoms with E-state index in [2.05, 4.69) is 65.8 Å². The van der Waals surface area contributed by atoms with Crippen LogP contribution >= 0.6 is 24.0 Å². The van der Waals surface area contributed by atoms with Crippen LogP contribution in [0.1, 0.15) is 40.9 Å². The molecule has 0 spiro atoms. The number of aromatic nitrogens is 2. The van der Waals surface area contributed by atoms with Gasteiger partial charge in [0.1, 0.15) is 0 Å². The van der Waals surface area contributed by atoms with E-state index in [1.165, 1.54) is 22.4 Å². The first kappa shape index (κ1) is 23.7. The van der Waals surface area contributed by atoms with E-state index in [0.29, 0.717) is 6.54 Å². The zero-order chi connectivity index (χ0) is 20.1. The van der Waals surface area contributed by atoms with Crippen molar-refractivity contribution >= 4 is 29.9 Å². The van der Waals surface area contributed by atoms with Gasteiger partial charge in [-0.25, -0.2) is 0 Å². The summed E-state index contributed by atoms with van der Waals surface area (Å²) < 4.78 is 7.60. The number of aliphatic imine (C=N–C) groups is 1. The molecular weight excluding hydrogens is 477 g/mol. The fourth-order valence-electron chi connectivity index (χ4n) is 4.19. The molecule has 2 heterocycles. The molecule has 0 bridgehead atoms. The third kappa shape index (κ3) is 5.31. The molecule has 1 fully saturated rings. The molecule has 0 amide bonds. The Bertz CT molecular complexity index is 840. The van der Waals surface area contributed by atoms with Gasteiger partial charge in [0.2, 0.25) is 0 Å². The highest BCUT2D eigenvalue weighted by Crippen LogP contribution is 2.36. The summed E-state index contributed by atoms with van der Waals surface area (Å²) in [6.07, 6.45) is 2.03. The van der Waals surface area contributed by atoms with Gasteiger partial charge in [-0.3, -0.25) is 9.67 Å². The van der Waals surface area contributed by atoms with E-state index in [4.69, 9.17) is 4.74 Å². The molecule has 160 valence electrons. The van der Waals surface area contributed by atoms with Gasteiger partial charge in [0, 0.05) is 57.1 Å². The maximum absolute atomic E-state index is 5.67. The van der Waals surface area contributed by atoms with Crippen molar-refractivity contribution in [3.05, 3.63) is 52.3 Å². The molecule has 0 saturated carbocycles. The van der Waals surface area contributed by atoms with Crippen molar-refractivity contribution in [3.8, 4) is 0 Å². The standard InChI is InChI=1S/C22H33N5O.HI/c1-16-8-6-7-9-20(16)22(10-12-28-13-11-22)15-25-21(23-4)24-14-19-17(2)26-27(5)18(19)3;/h6-9H,10-15H2,1-5H3,(H2,23,24,25);1H. The fourth-order valence-corrected chi connectivity index (χ4v) is 4.19. The number of nitrogens with one attached hydrogen (secondary N) is 2. The SMILES string of the molecule is CN=C(NCc1c(C)nn(C)c1C)NCC1(c2ccccc2C)CCOCC1.I. The largest absolute Gasteiger partial charge is 0.381 e. The normalized spacial score (nSPS) is 16.2. The van der Waals surface area contributed by atoms with Gasteiger partial charge in [0.15, 0.2) is 5.96 Å².